The molecule has 11 heavy (non-hydrogen) atoms. The van der Waals surface area contributed by atoms with Gasteiger partial charge in [0.1, 0.15) is 5.82 Å². The van der Waals surface area contributed by atoms with Gasteiger partial charge in [-0.2, -0.15) is 5.10 Å². The Hall–Kier alpha value is -1.45. The number of hydrogen-bond acceptors (Lipinski definition) is 2. The SMILES string of the molecule is Cc1nc2c(F)cccn2n1. The summed E-state index contributed by atoms with van der Waals surface area (Å²) in [7, 11) is 0. The van der Waals surface area contributed by atoms with Crippen LogP contribution >= 0.6 is 0 Å². The molecule has 4 heteroatoms. The van der Waals surface area contributed by atoms with Crippen LogP contribution in [0, 0.1) is 12.7 Å². The van der Waals surface area contributed by atoms with E-state index in [1.807, 2.05) is 0 Å². The first-order valence-corrected chi connectivity index (χ1v) is 3.25. The van der Waals surface area contributed by atoms with E-state index in [9.17, 15) is 4.39 Å². The van der Waals surface area contributed by atoms with Crippen molar-refractivity contribution in [2.24, 2.45) is 0 Å². The molecule has 2 rings (SSSR count). The Labute approximate surface area is 62.5 Å². The topological polar surface area (TPSA) is 30.2 Å². The lowest BCUT2D eigenvalue weighted by atomic mass is 10.5. The van der Waals surface area contributed by atoms with Gasteiger partial charge >= 0.3 is 0 Å². The van der Waals surface area contributed by atoms with Gasteiger partial charge in [-0.25, -0.2) is 13.9 Å². The van der Waals surface area contributed by atoms with E-state index < -0.39 is 0 Å². The molecule has 0 N–H and O–H groups in total. The average molecular weight is 151 g/mol. The first-order valence-electron chi connectivity index (χ1n) is 3.25. The van der Waals surface area contributed by atoms with Crippen molar-refractivity contribution in [3.05, 3.63) is 30.0 Å². The molecular formula is C7H6FN3. The van der Waals surface area contributed by atoms with Gasteiger partial charge in [0.15, 0.2) is 11.5 Å². The van der Waals surface area contributed by atoms with Crippen LogP contribution < -0.4 is 0 Å². The van der Waals surface area contributed by atoms with Gasteiger partial charge in [-0.15, -0.1) is 0 Å². The molecule has 0 aromatic carbocycles. The second-order valence-corrected chi connectivity index (χ2v) is 2.28. The van der Waals surface area contributed by atoms with Crippen molar-refractivity contribution in [2.45, 2.75) is 6.92 Å². The van der Waals surface area contributed by atoms with Gasteiger partial charge in [0.25, 0.3) is 0 Å². The van der Waals surface area contributed by atoms with Gasteiger partial charge < -0.3 is 0 Å². The fraction of sp³-hybridized carbons (Fsp3) is 0.143. The van der Waals surface area contributed by atoms with Crippen LogP contribution in [0.3, 0.4) is 0 Å². The third-order valence-corrected chi connectivity index (χ3v) is 1.42. The van der Waals surface area contributed by atoms with Gasteiger partial charge in [0.05, 0.1) is 0 Å². The maximum absolute atomic E-state index is 12.9. The van der Waals surface area contributed by atoms with Crippen molar-refractivity contribution in [1.82, 2.24) is 14.6 Å². The Morgan fingerprint density at radius 3 is 3.09 bits per heavy atom. The van der Waals surface area contributed by atoms with Gasteiger partial charge in [-0.05, 0) is 19.1 Å². The molecule has 0 saturated heterocycles. The second kappa shape index (κ2) is 2.02. The van der Waals surface area contributed by atoms with Gasteiger partial charge in [-0.3, -0.25) is 0 Å². The summed E-state index contributed by atoms with van der Waals surface area (Å²) in [5.41, 5.74) is 0.282. The molecule has 2 aromatic heterocycles. The van der Waals surface area contributed by atoms with Crippen LogP contribution in [0.25, 0.3) is 5.65 Å². The standard InChI is InChI=1S/C7H6FN3/c1-5-9-7-6(8)3-2-4-11(7)10-5/h2-4H,1H3. The van der Waals surface area contributed by atoms with Crippen LogP contribution in [0.1, 0.15) is 5.82 Å². The van der Waals surface area contributed by atoms with E-state index in [1.165, 1.54) is 10.6 Å². The summed E-state index contributed by atoms with van der Waals surface area (Å²) in [4.78, 5) is 3.89. The van der Waals surface area contributed by atoms with Gasteiger partial charge in [0.2, 0.25) is 0 Å². The lowest BCUT2D eigenvalue weighted by molar-refractivity contribution is 0.627. The molecule has 0 amide bonds. The smallest absolute Gasteiger partial charge is 0.191 e. The predicted molar refractivity (Wildman–Crippen MR) is 37.7 cm³/mol. The third kappa shape index (κ3) is 0.869. The van der Waals surface area contributed by atoms with Crippen LogP contribution in [0.5, 0.6) is 0 Å². The summed E-state index contributed by atoms with van der Waals surface area (Å²) in [6, 6.07) is 2.96. The highest BCUT2D eigenvalue weighted by Gasteiger charge is 2.02. The van der Waals surface area contributed by atoms with Crippen molar-refractivity contribution >= 4 is 5.65 Å². The molecule has 2 heterocycles. The molecule has 0 aliphatic carbocycles. The molecule has 56 valence electrons. The Balaban J connectivity index is 2.90. The minimum absolute atomic E-state index is 0.282. The van der Waals surface area contributed by atoms with Gasteiger partial charge in [0, 0.05) is 6.20 Å². The number of aryl methyl sites for hydroxylation is 1. The zero-order valence-corrected chi connectivity index (χ0v) is 5.95. The van der Waals surface area contributed by atoms with Crippen LogP contribution in [0.15, 0.2) is 18.3 Å². The third-order valence-electron chi connectivity index (χ3n) is 1.42. The minimum Gasteiger partial charge on any atom is -0.218 e. The monoisotopic (exact) mass is 151 g/mol. The number of aromatic nitrogens is 3. The van der Waals surface area contributed by atoms with Crippen molar-refractivity contribution in [2.75, 3.05) is 0 Å². The predicted octanol–water partition coefficient (Wildman–Crippen LogP) is 1.18. The summed E-state index contributed by atoms with van der Waals surface area (Å²) in [6.07, 6.45) is 1.67. The molecule has 0 radical (unpaired) electrons. The number of rotatable bonds is 0. The second-order valence-electron chi connectivity index (χ2n) is 2.28. The maximum Gasteiger partial charge on any atom is 0.191 e. The summed E-state index contributed by atoms with van der Waals surface area (Å²) in [6.45, 7) is 1.73. The highest BCUT2D eigenvalue weighted by atomic mass is 19.1. The van der Waals surface area contributed by atoms with E-state index >= 15 is 0 Å². The highest BCUT2D eigenvalue weighted by Crippen LogP contribution is 2.04. The number of halogens is 1. The van der Waals surface area contributed by atoms with Crippen LogP contribution in [0.2, 0.25) is 0 Å². The summed E-state index contributed by atoms with van der Waals surface area (Å²) in [5.74, 6) is 0.239. The normalized spacial score (nSPS) is 10.7. The molecule has 0 aliphatic rings. The molecule has 2 aromatic rings. The molecule has 0 saturated carbocycles. The zero-order chi connectivity index (χ0) is 7.84. The average Bonchev–Trinajstić information content (AvgIpc) is 2.31. The number of fused-ring (bicyclic) bond motifs is 1. The van der Waals surface area contributed by atoms with Crippen molar-refractivity contribution in [3.8, 4) is 0 Å². The quantitative estimate of drug-likeness (QED) is 0.565. The van der Waals surface area contributed by atoms with E-state index in [4.69, 9.17) is 0 Å². The zero-order valence-electron chi connectivity index (χ0n) is 5.95. The van der Waals surface area contributed by atoms with E-state index in [1.54, 1.807) is 19.2 Å². The lowest BCUT2D eigenvalue weighted by Gasteiger charge is -1.88. The van der Waals surface area contributed by atoms with E-state index in [0.29, 0.717) is 5.82 Å². The van der Waals surface area contributed by atoms with Crippen LogP contribution in [-0.2, 0) is 0 Å². The summed E-state index contributed by atoms with van der Waals surface area (Å²) in [5, 5.41) is 3.94. The van der Waals surface area contributed by atoms with Crippen molar-refractivity contribution < 1.29 is 4.39 Å². The lowest BCUT2D eigenvalue weighted by Crippen LogP contribution is -1.88. The minimum atomic E-state index is -0.340. The Bertz CT molecular complexity index is 393. The summed E-state index contributed by atoms with van der Waals surface area (Å²) >= 11 is 0. The molecule has 0 fully saturated rings. The summed E-state index contributed by atoms with van der Waals surface area (Å²) < 4.78 is 14.3. The van der Waals surface area contributed by atoms with E-state index in [-0.39, 0.29) is 11.5 Å². The Morgan fingerprint density at radius 1 is 1.55 bits per heavy atom. The molecule has 0 bridgehead atoms. The highest BCUT2D eigenvalue weighted by molar-refractivity contribution is 5.38. The number of nitrogens with zero attached hydrogens (tertiary/aromatic N) is 3. The van der Waals surface area contributed by atoms with Crippen LogP contribution in [-0.4, -0.2) is 14.6 Å². The van der Waals surface area contributed by atoms with E-state index in [2.05, 4.69) is 10.1 Å². The van der Waals surface area contributed by atoms with Crippen molar-refractivity contribution in [1.29, 1.82) is 0 Å². The Kier molecular flexibility index (Phi) is 1.15. The maximum atomic E-state index is 12.9. The fourth-order valence-electron chi connectivity index (χ4n) is 0.980. The van der Waals surface area contributed by atoms with Gasteiger partial charge in [-0.1, -0.05) is 0 Å². The molecule has 3 nitrogen and oxygen atoms in total. The molecule has 0 atom stereocenters. The van der Waals surface area contributed by atoms with Crippen LogP contribution in [0.4, 0.5) is 4.39 Å². The molecule has 0 spiro atoms. The molecular weight excluding hydrogens is 145 g/mol. The first-order chi connectivity index (χ1) is 5.27. The van der Waals surface area contributed by atoms with E-state index in [0.717, 1.165) is 0 Å². The number of pyridine rings is 1. The molecule has 0 unspecified atom stereocenters. The largest absolute Gasteiger partial charge is 0.218 e. The fourth-order valence-corrected chi connectivity index (χ4v) is 0.980. The Morgan fingerprint density at radius 2 is 2.36 bits per heavy atom. The number of hydrogen-bond donors (Lipinski definition) is 0. The first kappa shape index (κ1) is 6.27. The molecule has 0 aliphatic heterocycles. The van der Waals surface area contributed by atoms with Crippen molar-refractivity contribution in [3.63, 3.8) is 0 Å².